The minimum absolute atomic E-state index is 0.00117. The van der Waals surface area contributed by atoms with Gasteiger partial charge in [0.15, 0.2) is 5.30 Å². The van der Waals surface area contributed by atoms with Crippen molar-refractivity contribution in [1.82, 2.24) is 5.16 Å². The quantitative estimate of drug-likeness (QED) is 0.321. The number of hydrogen-bond acceptors (Lipinski definition) is 7. The molecule has 2 aromatic carbocycles. The van der Waals surface area contributed by atoms with E-state index in [0.29, 0.717) is 5.56 Å². The molecule has 0 unspecified atom stereocenters. The lowest BCUT2D eigenvalue weighted by atomic mass is 10.1. The topological polar surface area (TPSA) is 98.9 Å². The lowest BCUT2D eigenvalue weighted by Gasteiger charge is -2.26. The predicted molar refractivity (Wildman–Crippen MR) is 133 cm³/mol. The molecule has 0 radical (unpaired) electrons. The van der Waals surface area contributed by atoms with Crippen LogP contribution in [0.5, 0.6) is 0 Å². The summed E-state index contributed by atoms with van der Waals surface area (Å²) in [6.45, 7) is 9.28. The number of hydrogen-bond donors (Lipinski definition) is 0. The Hall–Kier alpha value is -2.45. The van der Waals surface area contributed by atoms with Crippen LogP contribution in [0.15, 0.2) is 64.0 Å². The van der Waals surface area contributed by atoms with E-state index in [1.54, 1.807) is 50.2 Å². The highest BCUT2D eigenvalue weighted by molar-refractivity contribution is 7.92. The highest BCUT2D eigenvalue weighted by Crippen LogP contribution is 2.52. The van der Waals surface area contributed by atoms with Gasteiger partial charge in [-0.15, -0.1) is 0 Å². The zero-order valence-corrected chi connectivity index (χ0v) is 21.8. The summed E-state index contributed by atoms with van der Waals surface area (Å²) in [5.74, 6) is -0.240. The van der Waals surface area contributed by atoms with E-state index < -0.39 is 17.6 Å². The van der Waals surface area contributed by atoms with Gasteiger partial charge in [0.2, 0.25) is 0 Å². The second-order valence-corrected chi connectivity index (χ2v) is 11.9. The fourth-order valence-electron chi connectivity index (χ4n) is 3.44. The second-order valence-electron chi connectivity index (χ2n) is 8.13. The summed E-state index contributed by atoms with van der Waals surface area (Å²) < 4.78 is 59.6. The van der Waals surface area contributed by atoms with Gasteiger partial charge in [-0.25, -0.2) is 12.7 Å². The Morgan fingerprint density at radius 1 is 1.00 bits per heavy atom. The monoisotopic (exact) mass is 506 g/mol. The van der Waals surface area contributed by atoms with Crippen LogP contribution in [-0.2, 0) is 23.6 Å². The third-order valence-corrected chi connectivity index (χ3v) is 8.85. The molecule has 34 heavy (non-hydrogen) atoms. The summed E-state index contributed by atoms with van der Waals surface area (Å²) in [5, 5.41) is 4.15. The maximum absolute atomic E-state index is 14.0. The molecule has 0 amide bonds. The van der Waals surface area contributed by atoms with E-state index in [4.69, 9.17) is 13.6 Å². The first-order chi connectivity index (χ1) is 16.1. The molecule has 184 valence electrons. The molecule has 10 heteroatoms. The first-order valence-electron chi connectivity index (χ1n) is 11.2. The van der Waals surface area contributed by atoms with Gasteiger partial charge >= 0.3 is 7.60 Å². The second kappa shape index (κ2) is 10.9. The van der Waals surface area contributed by atoms with Crippen molar-refractivity contribution in [1.29, 1.82) is 0 Å². The average Bonchev–Trinajstić information content (AvgIpc) is 3.24. The van der Waals surface area contributed by atoms with Crippen molar-refractivity contribution < 1.29 is 26.6 Å². The van der Waals surface area contributed by atoms with E-state index in [1.807, 2.05) is 26.8 Å². The normalized spacial score (nSPS) is 12.3. The fourth-order valence-corrected chi connectivity index (χ4v) is 6.92. The van der Waals surface area contributed by atoms with Gasteiger partial charge in [-0.05, 0) is 38.8 Å². The molecule has 0 aliphatic carbocycles. The van der Waals surface area contributed by atoms with Crippen molar-refractivity contribution in [2.24, 2.45) is 5.92 Å². The molecule has 3 aromatic rings. The van der Waals surface area contributed by atoms with Crippen LogP contribution in [0, 0.1) is 12.8 Å². The van der Waals surface area contributed by atoms with Crippen LogP contribution in [0.25, 0.3) is 11.3 Å². The van der Waals surface area contributed by atoms with Crippen LogP contribution < -0.4 is 9.61 Å². The number of benzene rings is 2. The van der Waals surface area contributed by atoms with E-state index in [-0.39, 0.29) is 47.5 Å². The number of anilines is 1. The molecule has 3 rings (SSSR count). The maximum Gasteiger partial charge on any atom is 0.369 e. The van der Waals surface area contributed by atoms with Gasteiger partial charge in [-0.3, -0.25) is 4.57 Å². The summed E-state index contributed by atoms with van der Waals surface area (Å²) >= 11 is 0. The molecule has 8 nitrogen and oxygen atoms in total. The summed E-state index contributed by atoms with van der Waals surface area (Å²) in [4.78, 5) is 0.0880. The van der Waals surface area contributed by atoms with Crippen molar-refractivity contribution in [3.63, 3.8) is 0 Å². The molecule has 1 heterocycles. The Bertz CT molecular complexity index is 1230. The third kappa shape index (κ3) is 5.44. The Labute approximate surface area is 201 Å². The standard InChI is InChI=1S/C24H31N2O6PS/c1-6-30-33(27,31-7-2)23-22(20-11-9-8-10-12-20)25-32-24(23)26(17-18(3)4)34(28,29)21-15-13-19(5)14-16-21/h8-16,18H,6-7,17H2,1-5H3. The van der Waals surface area contributed by atoms with Gasteiger partial charge in [0.05, 0.1) is 18.1 Å². The minimum atomic E-state index is -4.08. The van der Waals surface area contributed by atoms with Crippen LogP contribution in [0.1, 0.15) is 33.3 Å². The summed E-state index contributed by atoms with van der Waals surface area (Å²) in [6, 6.07) is 15.5. The van der Waals surface area contributed by atoms with Gasteiger partial charge in [-0.2, -0.15) is 0 Å². The van der Waals surface area contributed by atoms with Crippen LogP contribution >= 0.6 is 7.60 Å². The minimum Gasteiger partial charge on any atom is -0.336 e. The van der Waals surface area contributed by atoms with E-state index in [2.05, 4.69) is 5.16 Å². The molecule has 0 saturated carbocycles. The molecular weight excluding hydrogens is 475 g/mol. The summed E-state index contributed by atoms with van der Waals surface area (Å²) in [6.07, 6.45) is 0. The van der Waals surface area contributed by atoms with E-state index in [1.165, 1.54) is 12.1 Å². The average molecular weight is 507 g/mol. The summed E-state index contributed by atoms with van der Waals surface area (Å²) in [5.41, 5.74) is 1.75. The number of aryl methyl sites for hydroxylation is 1. The molecule has 0 N–H and O–H groups in total. The first-order valence-corrected chi connectivity index (χ1v) is 14.2. The molecule has 1 aromatic heterocycles. The van der Waals surface area contributed by atoms with Crippen molar-refractivity contribution in [3.8, 4) is 11.3 Å². The molecular formula is C24H31N2O6PS. The highest BCUT2D eigenvalue weighted by Gasteiger charge is 2.42. The maximum atomic E-state index is 14.0. The Kier molecular flexibility index (Phi) is 8.36. The van der Waals surface area contributed by atoms with Gasteiger partial charge in [0.25, 0.3) is 15.9 Å². The Balaban J connectivity index is 2.31. The zero-order chi connectivity index (χ0) is 24.9. The van der Waals surface area contributed by atoms with Crippen LogP contribution in [0.2, 0.25) is 0 Å². The summed E-state index contributed by atoms with van der Waals surface area (Å²) in [7, 11) is -8.07. The molecule has 0 bridgehead atoms. The smallest absolute Gasteiger partial charge is 0.336 e. The largest absolute Gasteiger partial charge is 0.369 e. The number of sulfonamides is 1. The van der Waals surface area contributed by atoms with Gasteiger partial charge in [0, 0.05) is 12.1 Å². The van der Waals surface area contributed by atoms with Gasteiger partial charge < -0.3 is 13.6 Å². The molecule has 0 saturated heterocycles. The van der Waals surface area contributed by atoms with Crippen molar-refractivity contribution in [2.45, 2.75) is 39.5 Å². The van der Waals surface area contributed by atoms with Crippen molar-refractivity contribution >= 4 is 28.8 Å². The highest BCUT2D eigenvalue weighted by atomic mass is 32.2. The van der Waals surface area contributed by atoms with Crippen LogP contribution in [0.4, 0.5) is 5.88 Å². The predicted octanol–water partition coefficient (Wildman–Crippen LogP) is 5.39. The van der Waals surface area contributed by atoms with Gasteiger partial charge in [-0.1, -0.05) is 67.0 Å². The number of rotatable bonds is 11. The molecule has 0 aliphatic rings. The van der Waals surface area contributed by atoms with E-state index >= 15 is 0 Å². The van der Waals surface area contributed by atoms with E-state index in [9.17, 15) is 13.0 Å². The fraction of sp³-hybridized carbons (Fsp3) is 0.375. The number of aromatic nitrogens is 1. The Morgan fingerprint density at radius 2 is 1.59 bits per heavy atom. The SMILES string of the molecule is CCOP(=O)(OCC)c1c(-c2ccccc2)noc1N(CC(C)C)S(=O)(=O)c1ccc(C)cc1. The lowest BCUT2D eigenvalue weighted by molar-refractivity contribution is 0.230. The zero-order valence-electron chi connectivity index (χ0n) is 20.1. The van der Waals surface area contributed by atoms with Crippen LogP contribution in [0.3, 0.4) is 0 Å². The van der Waals surface area contributed by atoms with Crippen molar-refractivity contribution in [3.05, 3.63) is 60.2 Å². The molecule has 0 fully saturated rings. The lowest BCUT2D eigenvalue weighted by Crippen LogP contribution is -2.37. The van der Waals surface area contributed by atoms with Gasteiger partial charge in [0.1, 0.15) is 5.69 Å². The first kappa shape index (κ1) is 26.2. The van der Waals surface area contributed by atoms with Crippen molar-refractivity contribution in [2.75, 3.05) is 24.1 Å². The molecule has 0 atom stereocenters. The Morgan fingerprint density at radius 3 is 2.12 bits per heavy atom. The molecule has 0 aliphatic heterocycles. The van der Waals surface area contributed by atoms with Crippen LogP contribution in [-0.4, -0.2) is 33.3 Å². The van der Waals surface area contributed by atoms with E-state index in [0.717, 1.165) is 9.87 Å². The molecule has 0 spiro atoms. The third-order valence-electron chi connectivity index (χ3n) is 4.94. The number of nitrogens with zero attached hydrogens (tertiary/aromatic N) is 2.